The van der Waals surface area contributed by atoms with Crippen LogP contribution in [-0.2, 0) is 9.53 Å². The topological polar surface area (TPSA) is 76.1 Å². The van der Waals surface area contributed by atoms with Gasteiger partial charge in [-0.25, -0.2) is 18.4 Å². The Labute approximate surface area is 138 Å². The number of likely N-dealkylation sites (tertiary alicyclic amines) is 1. The van der Waals surface area contributed by atoms with Crippen molar-refractivity contribution in [2.24, 2.45) is 0 Å². The number of carbonyl (C=O) groups excluding carboxylic acids is 1. The Bertz CT molecular complexity index is 644. The highest BCUT2D eigenvalue weighted by Crippen LogP contribution is 2.27. The number of ether oxygens (including phenoxy) is 2. The molecule has 1 fully saturated rings. The predicted octanol–water partition coefficient (Wildman–Crippen LogP) is 2.81. The lowest BCUT2D eigenvalue weighted by Gasteiger charge is -2.26. The summed E-state index contributed by atoms with van der Waals surface area (Å²) < 4.78 is 37.1. The van der Waals surface area contributed by atoms with Gasteiger partial charge in [-0.15, -0.1) is 0 Å². The van der Waals surface area contributed by atoms with Crippen LogP contribution < -0.4 is 4.74 Å². The van der Waals surface area contributed by atoms with Crippen LogP contribution in [0, 0.1) is 11.6 Å². The van der Waals surface area contributed by atoms with E-state index in [1.54, 1.807) is 20.8 Å². The van der Waals surface area contributed by atoms with E-state index in [0.29, 0.717) is 6.07 Å². The lowest BCUT2D eigenvalue weighted by atomic mass is 10.2. The molecule has 2 unspecified atom stereocenters. The van der Waals surface area contributed by atoms with Crippen molar-refractivity contribution in [1.82, 2.24) is 4.90 Å². The Balaban J connectivity index is 2.11. The zero-order chi connectivity index (χ0) is 18.1. The highest BCUT2D eigenvalue weighted by molar-refractivity contribution is 5.81. The Kier molecular flexibility index (Phi) is 4.96. The molecule has 0 aliphatic carbocycles. The largest absolute Gasteiger partial charge is 0.485 e. The number of nitrogens with zero attached hydrogens (tertiary/aromatic N) is 1. The average Bonchev–Trinajstić information content (AvgIpc) is 2.84. The van der Waals surface area contributed by atoms with Crippen LogP contribution in [0.2, 0.25) is 0 Å². The van der Waals surface area contributed by atoms with Gasteiger partial charge in [0.25, 0.3) is 0 Å². The summed E-state index contributed by atoms with van der Waals surface area (Å²) >= 11 is 0. The fourth-order valence-corrected chi connectivity index (χ4v) is 2.39. The number of amides is 1. The Morgan fingerprint density at radius 1 is 1.29 bits per heavy atom. The summed E-state index contributed by atoms with van der Waals surface area (Å²) in [5, 5.41) is 9.28. The van der Waals surface area contributed by atoms with Crippen molar-refractivity contribution in [3.8, 4) is 5.75 Å². The number of aliphatic carboxylic acids is 1. The van der Waals surface area contributed by atoms with Crippen molar-refractivity contribution in [2.75, 3.05) is 6.54 Å². The van der Waals surface area contributed by atoms with E-state index in [1.165, 1.54) is 0 Å². The van der Waals surface area contributed by atoms with E-state index >= 15 is 0 Å². The predicted molar refractivity (Wildman–Crippen MR) is 79.8 cm³/mol. The van der Waals surface area contributed by atoms with Gasteiger partial charge >= 0.3 is 12.1 Å². The second kappa shape index (κ2) is 6.62. The summed E-state index contributed by atoms with van der Waals surface area (Å²) in [4.78, 5) is 24.6. The third-order valence-electron chi connectivity index (χ3n) is 3.36. The fraction of sp³-hybridized carbons (Fsp3) is 0.500. The molecule has 1 heterocycles. The van der Waals surface area contributed by atoms with Gasteiger partial charge in [0.1, 0.15) is 23.6 Å². The average molecular weight is 343 g/mol. The molecule has 1 N–H and O–H groups in total. The van der Waals surface area contributed by atoms with E-state index < -0.39 is 41.4 Å². The first-order valence-corrected chi connectivity index (χ1v) is 7.41. The maximum absolute atomic E-state index is 13.7. The van der Waals surface area contributed by atoms with Crippen LogP contribution in [0.3, 0.4) is 0 Å². The fourth-order valence-electron chi connectivity index (χ4n) is 2.39. The second-order valence-electron chi connectivity index (χ2n) is 6.54. The van der Waals surface area contributed by atoms with Gasteiger partial charge < -0.3 is 14.6 Å². The number of hydrogen-bond donors (Lipinski definition) is 1. The van der Waals surface area contributed by atoms with Gasteiger partial charge in [-0.05, 0) is 32.9 Å². The molecular formula is C16H19F2NO5. The summed E-state index contributed by atoms with van der Waals surface area (Å²) in [7, 11) is 0. The zero-order valence-electron chi connectivity index (χ0n) is 13.6. The standard InChI is InChI=1S/C16H19F2NO5/c1-16(2,3)24-15(22)19-8-10(7-12(19)14(20)21)23-13-5-4-9(17)6-11(13)18/h4-6,10,12H,7-8H2,1-3H3,(H,20,21). The number of rotatable bonds is 3. The van der Waals surface area contributed by atoms with Crippen molar-refractivity contribution < 1.29 is 33.0 Å². The van der Waals surface area contributed by atoms with Crippen molar-refractivity contribution in [3.05, 3.63) is 29.8 Å². The summed E-state index contributed by atoms with van der Waals surface area (Å²) in [6, 6.07) is 1.70. The van der Waals surface area contributed by atoms with Crippen LogP contribution in [0.1, 0.15) is 27.2 Å². The van der Waals surface area contributed by atoms with Crippen LogP contribution in [0.15, 0.2) is 18.2 Å². The number of halogens is 2. The lowest BCUT2D eigenvalue weighted by molar-refractivity contribution is -0.142. The normalized spacial score (nSPS) is 20.8. The van der Waals surface area contributed by atoms with Crippen LogP contribution in [-0.4, -0.2) is 46.4 Å². The molecule has 6 nitrogen and oxygen atoms in total. The van der Waals surface area contributed by atoms with Gasteiger partial charge in [0.15, 0.2) is 11.6 Å². The molecule has 8 heteroatoms. The Morgan fingerprint density at radius 3 is 2.50 bits per heavy atom. The second-order valence-corrected chi connectivity index (χ2v) is 6.54. The monoisotopic (exact) mass is 343 g/mol. The SMILES string of the molecule is CC(C)(C)OC(=O)N1CC(Oc2ccc(F)cc2F)CC1C(=O)O. The molecule has 1 saturated heterocycles. The minimum Gasteiger partial charge on any atom is -0.485 e. The van der Waals surface area contributed by atoms with Crippen LogP contribution in [0.5, 0.6) is 5.75 Å². The van der Waals surface area contributed by atoms with Gasteiger partial charge in [-0.3, -0.25) is 4.90 Å². The molecule has 0 aromatic heterocycles. The number of hydrogen-bond acceptors (Lipinski definition) is 4. The van der Waals surface area contributed by atoms with E-state index in [9.17, 15) is 23.5 Å². The first-order chi connectivity index (χ1) is 11.1. The van der Waals surface area contributed by atoms with Crippen molar-refractivity contribution in [2.45, 2.75) is 44.9 Å². The molecule has 2 rings (SSSR count). The number of carboxylic acids is 1. The molecule has 1 aromatic carbocycles. The first-order valence-electron chi connectivity index (χ1n) is 7.41. The minimum atomic E-state index is -1.20. The van der Waals surface area contributed by atoms with Crippen LogP contribution >= 0.6 is 0 Å². The summed E-state index contributed by atoms with van der Waals surface area (Å²) in [5.74, 6) is -3.04. The van der Waals surface area contributed by atoms with E-state index in [2.05, 4.69) is 0 Å². The highest BCUT2D eigenvalue weighted by atomic mass is 19.1. The zero-order valence-corrected chi connectivity index (χ0v) is 13.6. The highest BCUT2D eigenvalue weighted by Gasteiger charge is 2.42. The molecule has 2 atom stereocenters. The van der Waals surface area contributed by atoms with Crippen molar-refractivity contribution in [3.63, 3.8) is 0 Å². The van der Waals surface area contributed by atoms with E-state index in [1.807, 2.05) is 0 Å². The molecule has 0 spiro atoms. The maximum atomic E-state index is 13.7. The molecular weight excluding hydrogens is 324 g/mol. The third kappa shape index (κ3) is 4.33. The van der Waals surface area contributed by atoms with E-state index in [-0.39, 0.29) is 18.7 Å². The van der Waals surface area contributed by atoms with Gasteiger partial charge in [0.2, 0.25) is 0 Å². The van der Waals surface area contributed by atoms with Gasteiger partial charge in [-0.1, -0.05) is 0 Å². The van der Waals surface area contributed by atoms with Crippen LogP contribution in [0.25, 0.3) is 0 Å². The Morgan fingerprint density at radius 2 is 1.96 bits per heavy atom. The van der Waals surface area contributed by atoms with E-state index in [4.69, 9.17) is 9.47 Å². The van der Waals surface area contributed by atoms with Gasteiger partial charge in [-0.2, -0.15) is 0 Å². The minimum absolute atomic E-state index is 0.0224. The lowest BCUT2D eigenvalue weighted by Crippen LogP contribution is -2.43. The van der Waals surface area contributed by atoms with Crippen LogP contribution in [0.4, 0.5) is 13.6 Å². The van der Waals surface area contributed by atoms with Crippen molar-refractivity contribution >= 4 is 12.1 Å². The summed E-state index contributed by atoms with van der Waals surface area (Å²) in [6.07, 6.45) is -1.54. The molecule has 0 radical (unpaired) electrons. The molecule has 0 saturated carbocycles. The van der Waals surface area contributed by atoms with Gasteiger partial charge in [0, 0.05) is 12.5 Å². The molecule has 132 valence electrons. The number of carbonyl (C=O) groups is 2. The van der Waals surface area contributed by atoms with E-state index in [0.717, 1.165) is 17.0 Å². The maximum Gasteiger partial charge on any atom is 0.411 e. The molecule has 1 aliphatic heterocycles. The molecule has 1 amide bonds. The summed E-state index contributed by atoms with van der Waals surface area (Å²) in [6.45, 7) is 4.93. The number of benzene rings is 1. The molecule has 1 aliphatic rings. The first kappa shape index (κ1) is 18.0. The third-order valence-corrected chi connectivity index (χ3v) is 3.36. The molecule has 24 heavy (non-hydrogen) atoms. The quantitative estimate of drug-likeness (QED) is 0.913. The Hall–Kier alpha value is -2.38. The molecule has 1 aromatic rings. The molecule has 0 bridgehead atoms. The van der Waals surface area contributed by atoms with Crippen molar-refractivity contribution in [1.29, 1.82) is 0 Å². The number of carboxylic acid groups (broad SMARTS) is 1. The summed E-state index contributed by atoms with van der Waals surface area (Å²) in [5.41, 5.74) is -0.776. The smallest absolute Gasteiger partial charge is 0.411 e. The van der Waals surface area contributed by atoms with Gasteiger partial charge in [0.05, 0.1) is 6.54 Å².